The maximum atomic E-state index is 12.8. The van der Waals surface area contributed by atoms with Gasteiger partial charge in [-0.3, -0.25) is 9.36 Å². The minimum atomic E-state index is -0.224. The molecule has 6 heteroatoms. The molecule has 1 aromatic carbocycles. The van der Waals surface area contributed by atoms with Crippen LogP contribution >= 0.6 is 11.6 Å². The fourth-order valence-corrected chi connectivity index (χ4v) is 2.39. The molecule has 110 valence electrons. The molecule has 0 aliphatic carbocycles. The second-order valence-electron chi connectivity index (χ2n) is 4.58. The normalized spacial score (nSPS) is 11.2. The number of benzene rings is 1. The first-order chi connectivity index (χ1) is 10.0. The standard InChI is InChI=1S/C15H17ClN4O/c1-5-12-19-14-9(2)6-7-11(16)13(14)15(21)20(12)10(3)8-18-17-4/h6-8,17H,3,5H2,1-2,4H3/b18-8-. The van der Waals surface area contributed by atoms with E-state index in [0.29, 0.717) is 33.9 Å². The summed E-state index contributed by atoms with van der Waals surface area (Å²) in [7, 11) is 1.67. The number of fused-ring (bicyclic) bond motifs is 1. The highest BCUT2D eigenvalue weighted by molar-refractivity contribution is 6.35. The van der Waals surface area contributed by atoms with Gasteiger partial charge in [-0.25, -0.2) is 4.98 Å². The molecule has 21 heavy (non-hydrogen) atoms. The molecule has 2 aromatic rings. The molecule has 0 aliphatic heterocycles. The second kappa shape index (κ2) is 6.10. The van der Waals surface area contributed by atoms with Crippen molar-refractivity contribution in [2.45, 2.75) is 20.3 Å². The predicted molar refractivity (Wildman–Crippen MR) is 88.0 cm³/mol. The van der Waals surface area contributed by atoms with Crippen molar-refractivity contribution in [2.24, 2.45) is 5.10 Å². The number of aryl methyl sites for hydroxylation is 2. The van der Waals surface area contributed by atoms with Crippen LogP contribution in [-0.2, 0) is 6.42 Å². The van der Waals surface area contributed by atoms with Crippen LogP contribution in [-0.4, -0.2) is 22.8 Å². The van der Waals surface area contributed by atoms with Gasteiger partial charge in [0.25, 0.3) is 5.56 Å². The Morgan fingerprint density at radius 3 is 2.90 bits per heavy atom. The van der Waals surface area contributed by atoms with E-state index in [1.165, 1.54) is 10.8 Å². The zero-order valence-corrected chi connectivity index (χ0v) is 13.0. The van der Waals surface area contributed by atoms with Gasteiger partial charge in [0.05, 0.1) is 27.8 Å². The van der Waals surface area contributed by atoms with Gasteiger partial charge >= 0.3 is 0 Å². The molecule has 0 bridgehead atoms. The lowest BCUT2D eigenvalue weighted by atomic mass is 10.1. The summed E-state index contributed by atoms with van der Waals surface area (Å²) in [5.41, 5.74) is 4.41. The van der Waals surface area contributed by atoms with E-state index in [-0.39, 0.29) is 5.56 Å². The number of hydrogen-bond donors (Lipinski definition) is 1. The van der Waals surface area contributed by atoms with Crippen molar-refractivity contribution in [1.29, 1.82) is 0 Å². The summed E-state index contributed by atoms with van der Waals surface area (Å²) < 4.78 is 1.45. The van der Waals surface area contributed by atoms with Gasteiger partial charge in [0.15, 0.2) is 0 Å². The van der Waals surface area contributed by atoms with Crippen molar-refractivity contribution in [3.8, 4) is 0 Å². The SMILES string of the molecule is C=C(/C=N\NC)n1c(CC)nc2c(C)ccc(Cl)c2c1=O. The molecule has 0 atom stereocenters. The van der Waals surface area contributed by atoms with Gasteiger partial charge in [0, 0.05) is 13.5 Å². The number of hydrogen-bond acceptors (Lipinski definition) is 4. The number of nitrogens with zero attached hydrogens (tertiary/aromatic N) is 3. The number of rotatable bonds is 4. The van der Waals surface area contributed by atoms with Crippen LogP contribution in [0.3, 0.4) is 0 Å². The van der Waals surface area contributed by atoms with Crippen molar-refractivity contribution in [3.05, 3.63) is 45.5 Å². The van der Waals surface area contributed by atoms with Crippen molar-refractivity contribution in [3.63, 3.8) is 0 Å². The first-order valence-electron chi connectivity index (χ1n) is 6.61. The van der Waals surface area contributed by atoms with E-state index in [4.69, 9.17) is 11.6 Å². The van der Waals surface area contributed by atoms with Crippen molar-refractivity contribution < 1.29 is 0 Å². The van der Waals surface area contributed by atoms with Crippen LogP contribution in [0, 0.1) is 6.92 Å². The molecule has 0 unspecified atom stereocenters. The molecule has 0 spiro atoms. The average Bonchev–Trinajstić information content (AvgIpc) is 2.47. The highest BCUT2D eigenvalue weighted by atomic mass is 35.5. The third kappa shape index (κ3) is 2.69. The Bertz CT molecular complexity index is 792. The Hall–Kier alpha value is -2.14. The van der Waals surface area contributed by atoms with E-state index < -0.39 is 0 Å². The zero-order chi connectivity index (χ0) is 15.6. The number of halogens is 1. The second-order valence-corrected chi connectivity index (χ2v) is 4.99. The molecular formula is C15H17ClN4O. The number of nitrogens with one attached hydrogen (secondary N) is 1. The maximum absolute atomic E-state index is 12.8. The Labute approximate surface area is 128 Å². The van der Waals surface area contributed by atoms with E-state index in [1.807, 2.05) is 19.9 Å². The minimum Gasteiger partial charge on any atom is -0.313 e. The zero-order valence-electron chi connectivity index (χ0n) is 12.3. The smallest absolute Gasteiger partial charge is 0.267 e. The third-order valence-corrected chi connectivity index (χ3v) is 3.51. The fraction of sp³-hybridized carbons (Fsp3) is 0.267. The van der Waals surface area contributed by atoms with Crippen molar-refractivity contribution >= 4 is 34.4 Å². The van der Waals surface area contributed by atoms with Crippen LogP contribution < -0.4 is 11.0 Å². The van der Waals surface area contributed by atoms with Gasteiger partial charge in [-0.15, -0.1) is 0 Å². The molecule has 1 N–H and O–H groups in total. The summed E-state index contributed by atoms with van der Waals surface area (Å²) in [5, 5.41) is 4.69. The van der Waals surface area contributed by atoms with Gasteiger partial charge < -0.3 is 5.43 Å². The number of allylic oxidation sites excluding steroid dienone is 1. The van der Waals surface area contributed by atoms with Crippen LogP contribution in [0.4, 0.5) is 0 Å². The first kappa shape index (κ1) is 15.3. The van der Waals surface area contributed by atoms with E-state index >= 15 is 0 Å². The molecule has 1 aromatic heterocycles. The molecule has 2 rings (SSSR count). The Morgan fingerprint density at radius 1 is 1.57 bits per heavy atom. The topological polar surface area (TPSA) is 59.3 Å². The van der Waals surface area contributed by atoms with Crippen LogP contribution in [0.25, 0.3) is 16.6 Å². The van der Waals surface area contributed by atoms with E-state index in [1.54, 1.807) is 13.1 Å². The van der Waals surface area contributed by atoms with E-state index in [0.717, 1.165) is 5.56 Å². The summed E-state index contributed by atoms with van der Waals surface area (Å²) in [6, 6.07) is 3.57. The maximum Gasteiger partial charge on any atom is 0.267 e. The lowest BCUT2D eigenvalue weighted by molar-refractivity contribution is 0.853. The lowest BCUT2D eigenvalue weighted by Crippen LogP contribution is -2.25. The molecule has 0 amide bonds. The molecular weight excluding hydrogens is 288 g/mol. The lowest BCUT2D eigenvalue weighted by Gasteiger charge is -2.13. The number of hydrazone groups is 1. The third-order valence-electron chi connectivity index (χ3n) is 3.19. The molecule has 0 aliphatic rings. The van der Waals surface area contributed by atoms with Crippen LogP contribution in [0.2, 0.25) is 5.02 Å². The van der Waals surface area contributed by atoms with Crippen molar-refractivity contribution in [1.82, 2.24) is 15.0 Å². The fourth-order valence-electron chi connectivity index (χ4n) is 2.16. The molecule has 0 saturated carbocycles. The van der Waals surface area contributed by atoms with Gasteiger partial charge in [-0.2, -0.15) is 5.10 Å². The number of aromatic nitrogens is 2. The Balaban J connectivity index is 2.86. The largest absolute Gasteiger partial charge is 0.313 e. The monoisotopic (exact) mass is 304 g/mol. The first-order valence-corrected chi connectivity index (χ1v) is 6.98. The van der Waals surface area contributed by atoms with Crippen LogP contribution in [0.1, 0.15) is 18.3 Å². The molecule has 0 saturated heterocycles. The molecule has 5 nitrogen and oxygen atoms in total. The summed E-state index contributed by atoms with van der Waals surface area (Å²) in [6.07, 6.45) is 2.08. The highest BCUT2D eigenvalue weighted by Gasteiger charge is 2.15. The van der Waals surface area contributed by atoms with Gasteiger partial charge in [-0.1, -0.05) is 31.2 Å². The minimum absolute atomic E-state index is 0.224. The Morgan fingerprint density at radius 2 is 2.29 bits per heavy atom. The average molecular weight is 305 g/mol. The Kier molecular flexibility index (Phi) is 4.43. The molecule has 0 radical (unpaired) electrons. The molecule has 1 heterocycles. The predicted octanol–water partition coefficient (Wildman–Crippen LogP) is 2.60. The van der Waals surface area contributed by atoms with Gasteiger partial charge in [-0.05, 0) is 18.6 Å². The van der Waals surface area contributed by atoms with E-state index in [9.17, 15) is 4.79 Å². The van der Waals surface area contributed by atoms with E-state index in [2.05, 4.69) is 22.1 Å². The van der Waals surface area contributed by atoms with Crippen LogP contribution in [0.15, 0.2) is 28.6 Å². The van der Waals surface area contributed by atoms with Gasteiger partial charge in [0.1, 0.15) is 5.82 Å². The summed E-state index contributed by atoms with van der Waals surface area (Å²) >= 11 is 6.18. The highest BCUT2D eigenvalue weighted by Crippen LogP contribution is 2.23. The summed E-state index contributed by atoms with van der Waals surface area (Å²) in [4.78, 5) is 17.4. The molecule has 0 fully saturated rings. The summed E-state index contributed by atoms with van der Waals surface area (Å²) in [6.45, 7) is 7.73. The van der Waals surface area contributed by atoms with Crippen LogP contribution in [0.5, 0.6) is 0 Å². The summed E-state index contributed by atoms with van der Waals surface area (Å²) in [5.74, 6) is 0.630. The quantitative estimate of drug-likeness (QED) is 0.697. The van der Waals surface area contributed by atoms with Crippen molar-refractivity contribution in [2.75, 3.05) is 7.05 Å². The van der Waals surface area contributed by atoms with Gasteiger partial charge in [0.2, 0.25) is 0 Å².